The maximum absolute atomic E-state index is 12.4. The Morgan fingerprint density at radius 3 is 2.77 bits per heavy atom. The lowest BCUT2D eigenvalue weighted by Crippen LogP contribution is -2.48. The van der Waals surface area contributed by atoms with Gasteiger partial charge in [-0.1, -0.05) is 18.2 Å². The van der Waals surface area contributed by atoms with Crippen LogP contribution < -0.4 is 5.32 Å². The number of benzene rings is 1. The van der Waals surface area contributed by atoms with Crippen molar-refractivity contribution in [3.8, 4) is 11.5 Å². The predicted octanol–water partition coefficient (Wildman–Crippen LogP) is 2.19. The van der Waals surface area contributed by atoms with Gasteiger partial charge in [-0.25, -0.2) is 9.78 Å². The standard InChI is InChI=1S/C19H22N2O5/c1-12-15(20-18(26-12)13-6-3-2-4-7-13)10-16(22)21-17(19(23)24)14-8-5-9-25-11-14/h2-4,6-7,14,17H,5,8-11H2,1H3,(H,21,22)(H,23,24). The number of rotatable bonds is 6. The summed E-state index contributed by atoms with van der Waals surface area (Å²) in [6.45, 7) is 2.72. The van der Waals surface area contributed by atoms with Crippen LogP contribution in [0.2, 0.25) is 0 Å². The minimum atomic E-state index is -1.05. The molecule has 7 nitrogen and oxygen atoms in total. The van der Waals surface area contributed by atoms with Crippen LogP contribution in [0.3, 0.4) is 0 Å². The summed E-state index contributed by atoms with van der Waals surface area (Å²) in [5, 5.41) is 12.1. The normalized spacial score (nSPS) is 18.3. The minimum absolute atomic E-state index is 0.0282. The first-order valence-corrected chi connectivity index (χ1v) is 8.66. The number of aliphatic carboxylic acids is 1. The van der Waals surface area contributed by atoms with Crippen molar-refractivity contribution in [3.63, 3.8) is 0 Å². The van der Waals surface area contributed by atoms with E-state index in [2.05, 4.69) is 10.3 Å². The van der Waals surface area contributed by atoms with Gasteiger partial charge in [-0.15, -0.1) is 0 Å². The third kappa shape index (κ3) is 4.29. The van der Waals surface area contributed by atoms with Gasteiger partial charge in [0.15, 0.2) is 0 Å². The molecule has 1 aromatic carbocycles. The Hall–Kier alpha value is -2.67. The van der Waals surface area contributed by atoms with E-state index in [9.17, 15) is 14.7 Å². The fourth-order valence-electron chi connectivity index (χ4n) is 3.08. The summed E-state index contributed by atoms with van der Waals surface area (Å²) >= 11 is 0. The van der Waals surface area contributed by atoms with Crippen molar-refractivity contribution in [2.45, 2.75) is 32.2 Å². The third-order valence-electron chi connectivity index (χ3n) is 4.49. The molecule has 1 saturated heterocycles. The maximum Gasteiger partial charge on any atom is 0.326 e. The van der Waals surface area contributed by atoms with Crippen molar-refractivity contribution in [1.29, 1.82) is 0 Å². The number of aryl methyl sites for hydroxylation is 1. The van der Waals surface area contributed by atoms with Gasteiger partial charge in [0, 0.05) is 18.1 Å². The second-order valence-corrected chi connectivity index (χ2v) is 6.43. The molecule has 2 unspecified atom stereocenters. The van der Waals surface area contributed by atoms with Gasteiger partial charge in [-0.05, 0) is 31.9 Å². The molecule has 1 fully saturated rings. The highest BCUT2D eigenvalue weighted by atomic mass is 16.5. The van der Waals surface area contributed by atoms with Gasteiger partial charge in [-0.2, -0.15) is 0 Å². The van der Waals surface area contributed by atoms with E-state index in [4.69, 9.17) is 9.15 Å². The number of amides is 1. The number of carboxylic acid groups (broad SMARTS) is 1. The second-order valence-electron chi connectivity index (χ2n) is 6.43. The second kappa shape index (κ2) is 8.14. The minimum Gasteiger partial charge on any atom is -0.480 e. The van der Waals surface area contributed by atoms with E-state index in [-0.39, 0.29) is 18.2 Å². The number of carboxylic acids is 1. The topological polar surface area (TPSA) is 102 Å². The average molecular weight is 358 g/mol. The van der Waals surface area contributed by atoms with Crippen molar-refractivity contribution in [3.05, 3.63) is 41.8 Å². The van der Waals surface area contributed by atoms with E-state index in [1.807, 2.05) is 30.3 Å². The molecule has 1 aliphatic heterocycles. The van der Waals surface area contributed by atoms with Crippen molar-refractivity contribution in [1.82, 2.24) is 10.3 Å². The maximum atomic E-state index is 12.4. The van der Waals surface area contributed by atoms with Gasteiger partial charge >= 0.3 is 5.97 Å². The summed E-state index contributed by atoms with van der Waals surface area (Å²) in [5.41, 5.74) is 1.33. The van der Waals surface area contributed by atoms with E-state index >= 15 is 0 Å². The van der Waals surface area contributed by atoms with Crippen LogP contribution in [-0.2, 0) is 20.7 Å². The molecule has 7 heteroatoms. The van der Waals surface area contributed by atoms with Crippen LogP contribution in [-0.4, -0.2) is 41.2 Å². The van der Waals surface area contributed by atoms with E-state index in [1.54, 1.807) is 6.92 Å². The van der Waals surface area contributed by atoms with E-state index < -0.39 is 12.0 Å². The van der Waals surface area contributed by atoms with Gasteiger partial charge < -0.3 is 19.6 Å². The molecule has 0 aliphatic carbocycles. The van der Waals surface area contributed by atoms with Gasteiger partial charge in [0.1, 0.15) is 11.8 Å². The van der Waals surface area contributed by atoms with Crippen molar-refractivity contribution in [2.75, 3.05) is 13.2 Å². The number of nitrogens with one attached hydrogen (secondary N) is 1. The van der Waals surface area contributed by atoms with Crippen molar-refractivity contribution < 1.29 is 23.8 Å². The molecule has 2 N–H and O–H groups in total. The molecular formula is C19H22N2O5. The summed E-state index contributed by atoms with van der Waals surface area (Å²) in [7, 11) is 0. The van der Waals surface area contributed by atoms with Crippen molar-refractivity contribution >= 4 is 11.9 Å². The molecular weight excluding hydrogens is 336 g/mol. The number of oxazole rings is 1. The Morgan fingerprint density at radius 2 is 2.12 bits per heavy atom. The fourth-order valence-corrected chi connectivity index (χ4v) is 3.08. The molecule has 0 bridgehead atoms. The molecule has 2 heterocycles. The number of aromatic nitrogens is 1. The molecule has 0 radical (unpaired) electrons. The van der Waals surface area contributed by atoms with Crippen LogP contribution in [0.5, 0.6) is 0 Å². The number of hydrogen-bond acceptors (Lipinski definition) is 5. The van der Waals surface area contributed by atoms with Crippen molar-refractivity contribution in [2.24, 2.45) is 5.92 Å². The van der Waals surface area contributed by atoms with Crippen LogP contribution in [0.1, 0.15) is 24.3 Å². The lowest BCUT2D eigenvalue weighted by molar-refractivity contribution is -0.145. The molecule has 2 aromatic rings. The Morgan fingerprint density at radius 1 is 1.35 bits per heavy atom. The fraction of sp³-hybridized carbons (Fsp3) is 0.421. The zero-order valence-electron chi connectivity index (χ0n) is 14.6. The first-order valence-electron chi connectivity index (χ1n) is 8.66. The van der Waals surface area contributed by atoms with Gasteiger partial charge in [0.05, 0.1) is 18.7 Å². The summed E-state index contributed by atoms with van der Waals surface area (Å²) < 4.78 is 11.0. The Balaban J connectivity index is 1.67. The Bertz CT molecular complexity index is 765. The number of carbonyl (C=O) groups excluding carboxylic acids is 1. The highest BCUT2D eigenvalue weighted by Gasteiger charge is 2.31. The number of hydrogen-bond donors (Lipinski definition) is 2. The average Bonchev–Trinajstić information content (AvgIpc) is 3.01. The van der Waals surface area contributed by atoms with E-state index in [0.717, 1.165) is 18.4 Å². The first-order chi connectivity index (χ1) is 12.5. The quantitative estimate of drug-likeness (QED) is 0.821. The Labute approximate surface area is 151 Å². The van der Waals surface area contributed by atoms with Crippen LogP contribution >= 0.6 is 0 Å². The molecule has 0 spiro atoms. The smallest absolute Gasteiger partial charge is 0.326 e. The van der Waals surface area contributed by atoms with E-state index in [1.165, 1.54) is 0 Å². The zero-order valence-corrected chi connectivity index (χ0v) is 14.6. The SMILES string of the molecule is Cc1oc(-c2ccccc2)nc1CC(=O)NC(C(=O)O)C1CCCOC1. The van der Waals surface area contributed by atoms with Crippen LogP contribution in [0.25, 0.3) is 11.5 Å². The zero-order chi connectivity index (χ0) is 18.5. The highest BCUT2D eigenvalue weighted by Crippen LogP contribution is 2.22. The first kappa shape index (κ1) is 18.1. The Kier molecular flexibility index (Phi) is 5.68. The lowest BCUT2D eigenvalue weighted by atomic mass is 9.93. The molecule has 26 heavy (non-hydrogen) atoms. The predicted molar refractivity (Wildman–Crippen MR) is 93.5 cm³/mol. The van der Waals surface area contributed by atoms with Gasteiger partial charge in [0.2, 0.25) is 11.8 Å². The summed E-state index contributed by atoms with van der Waals surface area (Å²) in [4.78, 5) is 28.3. The molecule has 138 valence electrons. The van der Waals surface area contributed by atoms with Crippen LogP contribution in [0.15, 0.2) is 34.7 Å². The molecule has 2 atom stereocenters. The monoisotopic (exact) mass is 358 g/mol. The third-order valence-corrected chi connectivity index (χ3v) is 4.49. The molecule has 1 amide bonds. The van der Waals surface area contributed by atoms with Gasteiger partial charge in [0.25, 0.3) is 0 Å². The summed E-state index contributed by atoms with van der Waals surface area (Å²) in [6.07, 6.45) is 1.49. The molecule has 1 aromatic heterocycles. The number of nitrogens with zero attached hydrogens (tertiary/aromatic N) is 1. The highest BCUT2D eigenvalue weighted by molar-refractivity contribution is 5.85. The van der Waals surface area contributed by atoms with Crippen LogP contribution in [0, 0.1) is 12.8 Å². The lowest BCUT2D eigenvalue weighted by Gasteiger charge is -2.28. The largest absolute Gasteiger partial charge is 0.480 e. The summed E-state index contributed by atoms with van der Waals surface area (Å²) in [5.74, 6) is -0.661. The molecule has 3 rings (SSSR count). The number of ether oxygens (including phenoxy) is 1. The molecule has 1 aliphatic rings. The summed E-state index contributed by atoms with van der Waals surface area (Å²) in [6, 6.07) is 8.45. The van der Waals surface area contributed by atoms with E-state index in [0.29, 0.717) is 30.6 Å². The van der Waals surface area contributed by atoms with Crippen LogP contribution in [0.4, 0.5) is 0 Å². The van der Waals surface area contributed by atoms with Gasteiger partial charge in [-0.3, -0.25) is 4.79 Å². The number of carbonyl (C=O) groups is 2. The molecule has 0 saturated carbocycles.